The van der Waals surface area contributed by atoms with Crippen molar-refractivity contribution in [3.8, 4) is 11.3 Å². The smallest absolute Gasteiger partial charge is 0.258 e. The van der Waals surface area contributed by atoms with Gasteiger partial charge >= 0.3 is 0 Å². The number of benzene rings is 2. The molecule has 2 aliphatic rings. The molecule has 5 nitrogen and oxygen atoms in total. The summed E-state index contributed by atoms with van der Waals surface area (Å²) in [6.07, 6.45) is 6.17. The Morgan fingerprint density at radius 2 is 1.85 bits per heavy atom. The van der Waals surface area contributed by atoms with Crippen molar-refractivity contribution in [3.63, 3.8) is 0 Å². The number of aromatic nitrogens is 2. The Hall–Kier alpha value is -2.86. The van der Waals surface area contributed by atoms with Crippen LogP contribution in [-0.2, 0) is 23.2 Å². The molecule has 1 N–H and O–H groups in total. The Balaban J connectivity index is 1.51. The number of rotatable bonds is 6. The van der Waals surface area contributed by atoms with Crippen LogP contribution in [0.15, 0.2) is 58.5 Å². The molecule has 176 valence electrons. The number of nitrogens with zero attached hydrogens (tertiary/aromatic N) is 2. The SMILES string of the molecule is CCCn1c(SCC(=O)Nc2ccc(C)cc2)nc2c(c1=O)C1(CCCC1)Cc1ccccc1-2. The van der Waals surface area contributed by atoms with Crippen LogP contribution in [0.25, 0.3) is 11.3 Å². The van der Waals surface area contributed by atoms with Gasteiger partial charge in [-0.05, 0) is 50.3 Å². The highest BCUT2D eigenvalue weighted by atomic mass is 32.2. The van der Waals surface area contributed by atoms with E-state index in [1.165, 1.54) is 17.3 Å². The van der Waals surface area contributed by atoms with Gasteiger partial charge in [0.25, 0.3) is 5.56 Å². The number of anilines is 1. The van der Waals surface area contributed by atoms with Gasteiger partial charge in [-0.25, -0.2) is 4.98 Å². The number of carbonyl (C=O) groups is 1. The summed E-state index contributed by atoms with van der Waals surface area (Å²) in [7, 11) is 0. The number of hydrogen-bond acceptors (Lipinski definition) is 4. The first-order chi connectivity index (χ1) is 16.5. The van der Waals surface area contributed by atoms with Gasteiger partial charge in [0.2, 0.25) is 5.91 Å². The van der Waals surface area contributed by atoms with Gasteiger partial charge in [-0.1, -0.05) is 73.5 Å². The van der Waals surface area contributed by atoms with E-state index in [1.54, 1.807) is 0 Å². The van der Waals surface area contributed by atoms with E-state index >= 15 is 0 Å². The predicted octanol–water partition coefficient (Wildman–Crippen LogP) is 5.73. The fourth-order valence-electron chi connectivity index (χ4n) is 5.54. The molecule has 0 saturated heterocycles. The molecule has 34 heavy (non-hydrogen) atoms. The van der Waals surface area contributed by atoms with E-state index in [0.717, 1.165) is 66.6 Å². The second kappa shape index (κ2) is 9.41. The molecule has 1 aromatic heterocycles. The van der Waals surface area contributed by atoms with Crippen LogP contribution in [0.4, 0.5) is 5.69 Å². The summed E-state index contributed by atoms with van der Waals surface area (Å²) in [5.74, 6) is 0.104. The Kier molecular flexibility index (Phi) is 6.34. The number of fused-ring (bicyclic) bond motifs is 4. The zero-order valence-corrected chi connectivity index (χ0v) is 20.7. The van der Waals surface area contributed by atoms with Crippen molar-refractivity contribution in [3.05, 3.63) is 75.6 Å². The number of thioether (sulfide) groups is 1. The molecule has 1 fully saturated rings. The normalized spacial score (nSPS) is 15.7. The Morgan fingerprint density at radius 3 is 2.59 bits per heavy atom. The van der Waals surface area contributed by atoms with Gasteiger partial charge in [-0.2, -0.15) is 0 Å². The monoisotopic (exact) mass is 473 g/mol. The quantitative estimate of drug-likeness (QED) is 0.367. The molecular weight excluding hydrogens is 442 g/mol. The molecule has 1 heterocycles. The van der Waals surface area contributed by atoms with Gasteiger partial charge in [0.05, 0.1) is 17.0 Å². The van der Waals surface area contributed by atoms with E-state index in [9.17, 15) is 9.59 Å². The maximum atomic E-state index is 14.0. The van der Waals surface area contributed by atoms with Crippen molar-refractivity contribution >= 4 is 23.4 Å². The van der Waals surface area contributed by atoms with Gasteiger partial charge in [-0.3, -0.25) is 14.2 Å². The highest BCUT2D eigenvalue weighted by Crippen LogP contribution is 2.49. The number of amides is 1. The maximum Gasteiger partial charge on any atom is 0.258 e. The van der Waals surface area contributed by atoms with Gasteiger partial charge < -0.3 is 5.32 Å². The molecule has 2 aliphatic carbocycles. The van der Waals surface area contributed by atoms with Crippen molar-refractivity contribution in [1.82, 2.24) is 9.55 Å². The summed E-state index contributed by atoms with van der Waals surface area (Å²) in [5, 5.41) is 3.58. The summed E-state index contributed by atoms with van der Waals surface area (Å²) in [4.78, 5) is 31.7. The summed E-state index contributed by atoms with van der Waals surface area (Å²) in [6, 6.07) is 16.1. The Morgan fingerprint density at radius 1 is 1.12 bits per heavy atom. The van der Waals surface area contributed by atoms with Crippen LogP contribution >= 0.6 is 11.8 Å². The van der Waals surface area contributed by atoms with E-state index in [2.05, 4.69) is 30.4 Å². The first kappa shape index (κ1) is 22.9. The molecule has 0 radical (unpaired) electrons. The van der Waals surface area contributed by atoms with Crippen LogP contribution in [0.5, 0.6) is 0 Å². The third-order valence-corrected chi connectivity index (χ3v) is 8.12. The topological polar surface area (TPSA) is 64.0 Å². The highest BCUT2D eigenvalue weighted by Gasteiger charge is 2.44. The lowest BCUT2D eigenvalue weighted by Crippen LogP contribution is -2.40. The number of hydrogen-bond donors (Lipinski definition) is 1. The van der Waals surface area contributed by atoms with Crippen LogP contribution < -0.4 is 10.9 Å². The molecule has 2 aromatic carbocycles. The van der Waals surface area contributed by atoms with Crippen LogP contribution in [-0.4, -0.2) is 21.2 Å². The summed E-state index contributed by atoms with van der Waals surface area (Å²) in [6.45, 7) is 4.70. The molecule has 1 spiro atoms. The second-order valence-electron chi connectivity index (χ2n) is 9.60. The summed E-state index contributed by atoms with van der Waals surface area (Å²) < 4.78 is 1.82. The average molecular weight is 474 g/mol. The van der Waals surface area contributed by atoms with Crippen LogP contribution in [0.1, 0.15) is 55.7 Å². The van der Waals surface area contributed by atoms with E-state index < -0.39 is 0 Å². The zero-order chi connectivity index (χ0) is 23.7. The molecular formula is C28H31N3O2S. The van der Waals surface area contributed by atoms with Crippen molar-refractivity contribution in [1.29, 1.82) is 0 Å². The second-order valence-corrected chi connectivity index (χ2v) is 10.5. The van der Waals surface area contributed by atoms with Crippen molar-refractivity contribution in [2.75, 3.05) is 11.1 Å². The fourth-order valence-corrected chi connectivity index (χ4v) is 6.36. The van der Waals surface area contributed by atoms with Crippen molar-refractivity contribution in [2.24, 2.45) is 0 Å². The predicted molar refractivity (Wildman–Crippen MR) is 139 cm³/mol. The first-order valence-electron chi connectivity index (χ1n) is 12.2. The van der Waals surface area contributed by atoms with E-state index in [-0.39, 0.29) is 22.6 Å². The van der Waals surface area contributed by atoms with Gasteiger partial charge in [0.15, 0.2) is 5.16 Å². The van der Waals surface area contributed by atoms with Gasteiger partial charge in [0, 0.05) is 23.2 Å². The van der Waals surface area contributed by atoms with E-state index in [1.807, 2.05) is 41.8 Å². The molecule has 5 rings (SSSR count). The number of aryl methyl sites for hydroxylation is 1. The first-order valence-corrected chi connectivity index (χ1v) is 13.2. The number of carbonyl (C=O) groups excluding carboxylic acids is 1. The van der Waals surface area contributed by atoms with Gasteiger partial charge in [-0.15, -0.1) is 0 Å². The molecule has 6 heteroatoms. The van der Waals surface area contributed by atoms with Gasteiger partial charge in [0.1, 0.15) is 0 Å². The molecule has 0 atom stereocenters. The van der Waals surface area contributed by atoms with Crippen LogP contribution in [0, 0.1) is 6.92 Å². The average Bonchev–Trinajstić information content (AvgIpc) is 3.29. The Labute approximate surface area is 205 Å². The standard InChI is InChI=1S/C28H31N3O2S/c1-3-16-31-26(33)24-25(22-9-5-4-8-20(22)17-28(24)14-6-7-15-28)30-27(31)34-18-23(32)29-21-12-10-19(2)11-13-21/h4-5,8-13H,3,6-7,14-18H2,1-2H3,(H,29,32). The third-order valence-electron chi connectivity index (χ3n) is 7.14. The summed E-state index contributed by atoms with van der Waals surface area (Å²) in [5.41, 5.74) is 6.01. The van der Waals surface area contributed by atoms with E-state index in [0.29, 0.717) is 11.7 Å². The van der Waals surface area contributed by atoms with E-state index in [4.69, 9.17) is 4.98 Å². The lowest BCUT2D eigenvalue weighted by atomic mass is 9.68. The minimum Gasteiger partial charge on any atom is -0.325 e. The largest absolute Gasteiger partial charge is 0.325 e. The molecule has 1 amide bonds. The molecule has 0 unspecified atom stereocenters. The minimum atomic E-state index is -0.102. The van der Waals surface area contributed by atoms with Crippen LogP contribution in [0.2, 0.25) is 0 Å². The van der Waals surface area contributed by atoms with Crippen molar-refractivity contribution < 1.29 is 4.79 Å². The Bertz CT molecular complexity index is 1270. The molecule has 0 aliphatic heterocycles. The minimum absolute atomic E-state index is 0.0877. The molecule has 0 bridgehead atoms. The zero-order valence-electron chi connectivity index (χ0n) is 19.9. The lowest BCUT2D eigenvalue weighted by molar-refractivity contribution is -0.113. The lowest BCUT2D eigenvalue weighted by Gasteiger charge is -2.36. The molecule has 3 aromatic rings. The summed E-state index contributed by atoms with van der Waals surface area (Å²) >= 11 is 1.35. The fraction of sp³-hybridized carbons (Fsp3) is 0.393. The number of nitrogens with one attached hydrogen (secondary N) is 1. The highest BCUT2D eigenvalue weighted by molar-refractivity contribution is 7.99. The third kappa shape index (κ3) is 4.20. The van der Waals surface area contributed by atoms with Crippen molar-refractivity contribution in [2.45, 2.75) is 69.5 Å². The maximum absolute atomic E-state index is 14.0. The molecule has 1 saturated carbocycles. The van der Waals surface area contributed by atoms with Crippen LogP contribution in [0.3, 0.4) is 0 Å².